The summed E-state index contributed by atoms with van der Waals surface area (Å²) < 4.78 is 74.6. The summed E-state index contributed by atoms with van der Waals surface area (Å²) in [4.78, 5) is 81.9. The van der Waals surface area contributed by atoms with Crippen LogP contribution in [0.15, 0.2) is 182 Å². The van der Waals surface area contributed by atoms with Crippen molar-refractivity contribution in [2.75, 3.05) is 26.4 Å². The lowest BCUT2D eigenvalue weighted by atomic mass is 10.0. The predicted molar refractivity (Wildman–Crippen MR) is 263 cm³/mol. The first-order valence-electron chi connectivity index (χ1n) is 24.5. The minimum absolute atomic E-state index is 0.00571. The van der Waals surface area contributed by atoms with Crippen LogP contribution in [0.4, 0.5) is 0 Å². The molecule has 4 heterocycles. The topological polar surface area (TPSA) is 213 Å². The predicted octanol–water partition coefficient (Wildman–Crippen LogP) is 6.62. The van der Waals surface area contributed by atoms with E-state index in [2.05, 4.69) is 0 Å². The molecule has 2 bridgehead atoms. The summed E-state index contributed by atoms with van der Waals surface area (Å²) in [6.45, 7) is -1.04. The van der Waals surface area contributed by atoms with Gasteiger partial charge in [0.2, 0.25) is 0 Å². The van der Waals surface area contributed by atoms with Gasteiger partial charge in [-0.2, -0.15) is 0 Å². The van der Waals surface area contributed by atoms with Crippen LogP contribution in [0, 0.1) is 0 Å². The summed E-state index contributed by atoms with van der Waals surface area (Å²) in [5.74, 6) is -4.56. The van der Waals surface area contributed by atoms with Gasteiger partial charge in [-0.3, -0.25) is 0 Å². The highest BCUT2D eigenvalue weighted by Crippen LogP contribution is 2.39. The maximum atomic E-state index is 13.9. The second kappa shape index (κ2) is 24.1. The fourth-order valence-electron chi connectivity index (χ4n) is 9.09. The van der Waals surface area contributed by atoms with E-state index in [1.807, 2.05) is 0 Å². The van der Waals surface area contributed by atoms with Crippen molar-refractivity contribution in [2.24, 2.45) is 0 Å². The summed E-state index contributed by atoms with van der Waals surface area (Å²) in [5, 5.41) is 0. The highest BCUT2D eigenvalue weighted by atomic mass is 16.8. The Hall–Kier alpha value is -8.10. The first-order chi connectivity index (χ1) is 37.2. The first-order valence-corrected chi connectivity index (χ1v) is 24.5. The van der Waals surface area contributed by atoms with Gasteiger partial charge < -0.3 is 56.8 Å². The van der Waals surface area contributed by atoms with E-state index >= 15 is 0 Å². The first kappa shape index (κ1) is 51.4. The van der Waals surface area contributed by atoms with E-state index < -0.39 is 123 Å². The Labute approximate surface area is 435 Å². The van der Waals surface area contributed by atoms with Gasteiger partial charge in [-0.1, -0.05) is 109 Å². The molecule has 0 N–H and O–H groups in total. The van der Waals surface area contributed by atoms with Gasteiger partial charge in [0.15, 0.2) is 37.0 Å². The monoisotopic (exact) mass is 1030 g/mol. The molecule has 0 saturated carbocycles. The molecule has 4 saturated heterocycles. The fraction of sp³-hybridized carbons (Fsp3) is 0.276. The van der Waals surface area contributed by atoms with Gasteiger partial charge in [-0.15, -0.1) is 0 Å². The Morgan fingerprint density at radius 2 is 0.671 bits per heavy atom. The van der Waals surface area contributed by atoms with Crippen LogP contribution in [-0.2, 0) is 56.8 Å². The van der Waals surface area contributed by atoms with E-state index in [4.69, 9.17) is 56.8 Å². The summed E-state index contributed by atoms with van der Waals surface area (Å²) in [6, 6.07) is 49.0. The lowest BCUT2D eigenvalue weighted by molar-refractivity contribution is -0.270. The SMILES string of the molecule is O=C(OC[C@H]1O[C@H](O[C@@H]2[C@H]3OC[C@H]2OC[C@@H]3O[C@H]2O[C@H](COC(=O)c3ccccc3)[C@@H](OC(=O)c3ccccc3)[C@@H]2OC(=O)c2ccccc2)[C@@H](OC(=O)c2ccccc2)[C@@H]1OC(=O)c1ccccc1)c1ccccc1. The Morgan fingerprint density at radius 1 is 0.355 bits per heavy atom. The van der Waals surface area contributed by atoms with E-state index in [0.29, 0.717) is 0 Å². The zero-order valence-corrected chi connectivity index (χ0v) is 40.4. The van der Waals surface area contributed by atoms with E-state index in [1.54, 1.807) is 182 Å². The minimum atomic E-state index is -1.51. The lowest BCUT2D eigenvalue weighted by Gasteiger charge is -2.37. The van der Waals surface area contributed by atoms with Crippen molar-refractivity contribution in [1.82, 2.24) is 0 Å². The Morgan fingerprint density at radius 3 is 1.03 bits per heavy atom. The number of benzene rings is 6. The standard InChI is InChI=1S/C58H50O18/c59-51(35-19-7-1-8-20-35)67-33-43-47(72-53(61)37-23-11-3-12-24-37)49(74-55(63)39-27-15-5-16-28-39)57(70-43)69-42-32-65-41-31-66-45(42)46(41)76-58-50(75-56(64)40-29-17-6-18-30-40)48(73-54(62)38-25-13-4-14-26-38)44(71-58)34-68-52(60)36-21-9-2-10-22-36/h1-30,41-50,57-58H,31-34H2/t41-,42+,43-,44-,45+,46+,47-,48-,49+,50+,57+,58-/m1/s1. The molecule has 390 valence electrons. The number of hydrogen-bond donors (Lipinski definition) is 0. The van der Waals surface area contributed by atoms with Crippen LogP contribution in [0.1, 0.15) is 62.1 Å². The molecule has 18 nitrogen and oxygen atoms in total. The third kappa shape index (κ3) is 12.0. The molecule has 4 fully saturated rings. The van der Waals surface area contributed by atoms with Crippen LogP contribution in [0.2, 0.25) is 0 Å². The molecule has 0 spiro atoms. The van der Waals surface area contributed by atoms with Crippen molar-refractivity contribution < 1.29 is 85.6 Å². The Balaban J connectivity index is 0.933. The van der Waals surface area contributed by atoms with Gasteiger partial charge in [0.05, 0.1) is 46.6 Å². The number of fused-ring (bicyclic) bond motifs is 2. The van der Waals surface area contributed by atoms with Gasteiger partial charge in [0.25, 0.3) is 0 Å². The van der Waals surface area contributed by atoms with Crippen molar-refractivity contribution in [3.8, 4) is 0 Å². The van der Waals surface area contributed by atoms with Crippen molar-refractivity contribution in [3.05, 3.63) is 215 Å². The van der Waals surface area contributed by atoms with Crippen LogP contribution in [0.3, 0.4) is 0 Å². The third-order valence-corrected chi connectivity index (χ3v) is 12.9. The number of ether oxygens (including phenoxy) is 12. The molecule has 0 unspecified atom stereocenters. The molecule has 0 radical (unpaired) electrons. The lowest BCUT2D eigenvalue weighted by Crippen LogP contribution is -2.54. The highest BCUT2D eigenvalue weighted by molar-refractivity contribution is 5.92. The number of esters is 6. The van der Waals surface area contributed by atoms with Crippen molar-refractivity contribution in [3.63, 3.8) is 0 Å². The quantitative estimate of drug-likeness (QED) is 0.0653. The Kier molecular flexibility index (Phi) is 16.3. The number of carbonyl (C=O) groups excluding carboxylic acids is 6. The number of carbonyl (C=O) groups is 6. The van der Waals surface area contributed by atoms with E-state index in [-0.39, 0.29) is 46.6 Å². The van der Waals surface area contributed by atoms with Gasteiger partial charge in [-0.25, -0.2) is 28.8 Å². The highest BCUT2D eigenvalue weighted by Gasteiger charge is 2.58. The van der Waals surface area contributed by atoms with E-state index in [1.165, 1.54) is 0 Å². The largest absolute Gasteiger partial charge is 0.459 e. The molecular formula is C58H50O18. The van der Waals surface area contributed by atoms with Crippen LogP contribution in [-0.4, -0.2) is 136 Å². The van der Waals surface area contributed by atoms with Crippen molar-refractivity contribution in [1.29, 1.82) is 0 Å². The maximum absolute atomic E-state index is 13.9. The van der Waals surface area contributed by atoms with Gasteiger partial charge in [0.1, 0.15) is 49.8 Å². The van der Waals surface area contributed by atoms with Crippen LogP contribution < -0.4 is 0 Å². The molecule has 0 aromatic heterocycles. The normalized spacial score (nSPS) is 26.4. The van der Waals surface area contributed by atoms with Crippen LogP contribution >= 0.6 is 0 Å². The van der Waals surface area contributed by atoms with Crippen molar-refractivity contribution in [2.45, 2.75) is 73.6 Å². The zero-order valence-electron chi connectivity index (χ0n) is 40.4. The fourth-order valence-corrected chi connectivity index (χ4v) is 9.09. The molecule has 4 aliphatic heterocycles. The van der Waals surface area contributed by atoms with Crippen LogP contribution in [0.25, 0.3) is 0 Å². The molecule has 4 aliphatic rings. The maximum Gasteiger partial charge on any atom is 0.338 e. The molecule has 12 atom stereocenters. The molecule has 18 heteroatoms. The molecule has 10 rings (SSSR count). The average molecular weight is 1040 g/mol. The summed E-state index contributed by atoms with van der Waals surface area (Å²) in [7, 11) is 0. The average Bonchev–Trinajstić information content (AvgIpc) is 4.07. The summed E-state index contributed by atoms with van der Waals surface area (Å²) in [5.41, 5.74) is 1.21. The summed E-state index contributed by atoms with van der Waals surface area (Å²) in [6.07, 6.45) is -15.1. The van der Waals surface area contributed by atoms with Crippen LogP contribution in [0.5, 0.6) is 0 Å². The van der Waals surface area contributed by atoms with E-state index in [0.717, 1.165) is 0 Å². The second-order valence-electron chi connectivity index (χ2n) is 17.9. The molecule has 0 amide bonds. The van der Waals surface area contributed by atoms with Crippen molar-refractivity contribution >= 4 is 35.8 Å². The number of rotatable bonds is 18. The number of hydrogen-bond acceptors (Lipinski definition) is 18. The molecule has 6 aromatic carbocycles. The molecule has 6 aromatic rings. The second-order valence-corrected chi connectivity index (χ2v) is 17.9. The van der Waals surface area contributed by atoms with E-state index in [9.17, 15) is 28.8 Å². The van der Waals surface area contributed by atoms with Gasteiger partial charge in [0, 0.05) is 0 Å². The molecule has 0 aliphatic carbocycles. The van der Waals surface area contributed by atoms with Gasteiger partial charge >= 0.3 is 35.8 Å². The zero-order chi connectivity index (χ0) is 52.4. The molecular weight excluding hydrogens is 985 g/mol. The van der Waals surface area contributed by atoms with Gasteiger partial charge in [-0.05, 0) is 72.8 Å². The Bertz CT molecular complexity index is 2930. The molecule has 76 heavy (non-hydrogen) atoms. The minimum Gasteiger partial charge on any atom is -0.459 e. The third-order valence-electron chi connectivity index (χ3n) is 12.9. The summed E-state index contributed by atoms with van der Waals surface area (Å²) >= 11 is 0. The smallest absolute Gasteiger partial charge is 0.338 e.